The molecule has 1 saturated heterocycles. The quantitative estimate of drug-likeness (QED) is 0.315. The van der Waals surface area contributed by atoms with E-state index in [1.54, 1.807) is 0 Å². The Morgan fingerprint density at radius 3 is 3.15 bits per heavy atom. The Kier molecular flexibility index (Phi) is 2.73. The predicted octanol–water partition coefficient (Wildman–Crippen LogP) is 2.42. The number of hydrogen-bond acceptors (Lipinski definition) is 2. The van der Waals surface area contributed by atoms with Crippen molar-refractivity contribution in [3.8, 4) is 0 Å². The summed E-state index contributed by atoms with van der Waals surface area (Å²) in [7, 11) is 0.459. The molecule has 1 aliphatic heterocycles. The van der Waals surface area contributed by atoms with Gasteiger partial charge in [-0.05, 0) is 51.1 Å². The predicted molar refractivity (Wildman–Crippen MR) is 55.0 cm³/mol. The molecule has 72 valence electrons. The first kappa shape index (κ1) is 9.26. The topological polar surface area (TPSA) is 60.8 Å². The van der Waals surface area contributed by atoms with E-state index in [2.05, 4.69) is 15.1 Å². The van der Waals surface area contributed by atoms with E-state index in [4.69, 9.17) is 5.53 Å². The summed E-state index contributed by atoms with van der Waals surface area (Å²) in [5, 5.41) is 3.43. The van der Waals surface area contributed by atoms with Gasteiger partial charge >= 0.3 is 0 Å². The van der Waals surface area contributed by atoms with Crippen LogP contribution in [0.3, 0.4) is 0 Å². The van der Waals surface area contributed by atoms with Gasteiger partial charge in [-0.3, -0.25) is 0 Å². The van der Waals surface area contributed by atoms with Gasteiger partial charge in [-0.25, -0.2) is 0 Å². The third-order valence-corrected chi connectivity index (χ3v) is 4.86. The van der Waals surface area contributed by atoms with Crippen LogP contribution in [0.5, 0.6) is 0 Å². The molecule has 1 saturated carbocycles. The van der Waals surface area contributed by atoms with Gasteiger partial charge in [-0.2, -0.15) is 0 Å². The summed E-state index contributed by atoms with van der Waals surface area (Å²) >= 11 is 0. The monoisotopic (exact) mass is 198 g/mol. The minimum Gasteiger partial charge on any atom is -0.316 e. The fourth-order valence-electron chi connectivity index (χ4n) is 2.71. The first-order valence-electron chi connectivity index (χ1n) is 4.88. The van der Waals surface area contributed by atoms with Crippen LogP contribution < -0.4 is 5.32 Å². The number of nitrogens with zero attached hydrogens (tertiary/aromatic N) is 3. The SMILES string of the molecule is [N-]=[N+]=NPC1CCCC12CCNC2. The maximum atomic E-state index is 8.31. The Hall–Kier alpha value is -0.300. The first-order valence-corrected chi connectivity index (χ1v) is 5.90. The molecular weight excluding hydrogens is 183 g/mol. The molecule has 2 fully saturated rings. The zero-order valence-corrected chi connectivity index (χ0v) is 8.66. The van der Waals surface area contributed by atoms with Crippen molar-refractivity contribution in [3.05, 3.63) is 10.4 Å². The molecule has 1 spiro atoms. The molecule has 1 aliphatic carbocycles. The summed E-state index contributed by atoms with van der Waals surface area (Å²) < 4.78 is 0. The second-order valence-corrected chi connectivity index (χ2v) is 5.21. The molecule has 2 rings (SSSR count). The highest BCUT2D eigenvalue weighted by Gasteiger charge is 2.44. The molecule has 13 heavy (non-hydrogen) atoms. The minimum atomic E-state index is 0.459. The van der Waals surface area contributed by atoms with Crippen molar-refractivity contribution in [1.29, 1.82) is 0 Å². The fraction of sp³-hybridized carbons (Fsp3) is 1.00. The molecule has 0 aromatic heterocycles. The van der Waals surface area contributed by atoms with Crippen LogP contribution in [0.4, 0.5) is 0 Å². The Labute approximate surface area is 79.9 Å². The van der Waals surface area contributed by atoms with Crippen molar-refractivity contribution in [2.75, 3.05) is 13.1 Å². The lowest BCUT2D eigenvalue weighted by atomic mass is 9.85. The molecule has 0 bridgehead atoms. The molecule has 0 radical (unpaired) electrons. The van der Waals surface area contributed by atoms with Crippen LogP contribution in [-0.4, -0.2) is 18.7 Å². The van der Waals surface area contributed by atoms with Gasteiger partial charge in [-0.1, -0.05) is 11.3 Å². The molecule has 3 atom stereocenters. The summed E-state index contributed by atoms with van der Waals surface area (Å²) in [6.07, 6.45) is 5.20. The number of nitrogens with one attached hydrogen (secondary N) is 1. The Morgan fingerprint density at radius 2 is 2.46 bits per heavy atom. The summed E-state index contributed by atoms with van der Waals surface area (Å²) in [4.78, 5) is 6.62. The molecule has 1 heterocycles. The van der Waals surface area contributed by atoms with Gasteiger partial charge in [0.2, 0.25) is 0 Å². The molecule has 5 heteroatoms. The van der Waals surface area contributed by atoms with Crippen molar-refractivity contribution in [3.63, 3.8) is 0 Å². The third-order valence-electron chi connectivity index (χ3n) is 3.44. The highest BCUT2D eigenvalue weighted by Crippen LogP contribution is 2.51. The highest BCUT2D eigenvalue weighted by atomic mass is 31.1. The maximum absolute atomic E-state index is 8.31. The van der Waals surface area contributed by atoms with Crippen LogP contribution in [0.25, 0.3) is 10.4 Å². The van der Waals surface area contributed by atoms with E-state index in [-0.39, 0.29) is 0 Å². The van der Waals surface area contributed by atoms with Crippen LogP contribution in [0.1, 0.15) is 25.7 Å². The molecule has 3 unspecified atom stereocenters. The molecule has 2 aliphatic rings. The number of hydrogen-bond donors (Lipinski definition) is 1. The lowest BCUT2D eigenvalue weighted by Gasteiger charge is -2.28. The smallest absolute Gasteiger partial charge is 0.00447 e. The van der Waals surface area contributed by atoms with Gasteiger partial charge in [0, 0.05) is 11.5 Å². The van der Waals surface area contributed by atoms with E-state index in [0.717, 1.165) is 13.1 Å². The van der Waals surface area contributed by atoms with E-state index >= 15 is 0 Å². The Bertz CT molecular complexity index is 225. The zero-order chi connectivity index (χ0) is 9.15. The maximum Gasteiger partial charge on any atom is 0.00447 e. The largest absolute Gasteiger partial charge is 0.316 e. The van der Waals surface area contributed by atoms with E-state index < -0.39 is 0 Å². The lowest BCUT2D eigenvalue weighted by molar-refractivity contribution is 0.344. The van der Waals surface area contributed by atoms with Crippen molar-refractivity contribution in [2.45, 2.75) is 31.3 Å². The van der Waals surface area contributed by atoms with Gasteiger partial charge < -0.3 is 5.32 Å². The fourth-order valence-corrected chi connectivity index (χ4v) is 3.90. The summed E-state index contributed by atoms with van der Waals surface area (Å²) in [6.45, 7) is 2.29. The molecule has 1 N–H and O–H groups in total. The summed E-state index contributed by atoms with van der Waals surface area (Å²) in [6, 6.07) is 0. The zero-order valence-electron chi connectivity index (χ0n) is 7.66. The number of rotatable bonds is 2. The second-order valence-electron chi connectivity index (χ2n) is 4.05. The Morgan fingerprint density at radius 1 is 1.54 bits per heavy atom. The van der Waals surface area contributed by atoms with Crippen molar-refractivity contribution >= 4 is 8.73 Å². The lowest BCUT2D eigenvalue weighted by Crippen LogP contribution is -2.29. The van der Waals surface area contributed by atoms with Gasteiger partial charge in [0.25, 0.3) is 0 Å². The van der Waals surface area contributed by atoms with Crippen LogP contribution in [0.2, 0.25) is 0 Å². The molecule has 0 amide bonds. The van der Waals surface area contributed by atoms with Crippen molar-refractivity contribution in [1.82, 2.24) is 5.32 Å². The van der Waals surface area contributed by atoms with Crippen LogP contribution in [-0.2, 0) is 0 Å². The Balaban J connectivity index is 2.04. The molecule has 0 aromatic carbocycles. The minimum absolute atomic E-state index is 0.459. The summed E-state index contributed by atoms with van der Waals surface area (Å²) in [5.74, 6) is 0. The average molecular weight is 198 g/mol. The average Bonchev–Trinajstić information content (AvgIpc) is 2.75. The van der Waals surface area contributed by atoms with E-state index in [1.165, 1.54) is 25.7 Å². The highest BCUT2D eigenvalue weighted by molar-refractivity contribution is 7.37. The molecule has 0 aromatic rings. The van der Waals surface area contributed by atoms with Crippen LogP contribution >= 0.6 is 8.73 Å². The van der Waals surface area contributed by atoms with E-state index in [0.29, 0.717) is 19.8 Å². The first-order chi connectivity index (χ1) is 6.37. The van der Waals surface area contributed by atoms with Gasteiger partial charge in [0.05, 0.1) is 0 Å². The van der Waals surface area contributed by atoms with Crippen LogP contribution in [0, 0.1) is 5.41 Å². The van der Waals surface area contributed by atoms with E-state index in [9.17, 15) is 0 Å². The molecule has 4 nitrogen and oxygen atoms in total. The van der Waals surface area contributed by atoms with Gasteiger partial charge in [0.1, 0.15) is 0 Å². The number of azide groups is 1. The third kappa shape index (κ3) is 1.67. The summed E-state index contributed by atoms with van der Waals surface area (Å²) in [5.41, 5.74) is 9.47. The van der Waals surface area contributed by atoms with E-state index in [1.807, 2.05) is 0 Å². The van der Waals surface area contributed by atoms with Crippen LogP contribution in [0.15, 0.2) is 4.88 Å². The second kappa shape index (κ2) is 3.83. The molecular formula is C8H15N4P. The van der Waals surface area contributed by atoms with Gasteiger partial charge in [-0.15, -0.1) is 0 Å². The standard InChI is InChI=1S/C8H15N4P/c9-11-12-13-7-2-1-3-8(7)4-5-10-6-8/h7,10,13H,1-6H2. The van der Waals surface area contributed by atoms with Crippen molar-refractivity contribution < 1.29 is 0 Å². The van der Waals surface area contributed by atoms with Gasteiger partial charge in [0.15, 0.2) is 0 Å². The van der Waals surface area contributed by atoms with Crippen molar-refractivity contribution in [2.24, 2.45) is 10.3 Å². The normalized spacial score (nSPS) is 38.9.